The van der Waals surface area contributed by atoms with E-state index in [1.807, 2.05) is 6.92 Å². The number of hydrogen-bond donors (Lipinski definition) is 1. The van der Waals surface area contributed by atoms with Crippen molar-refractivity contribution in [2.75, 3.05) is 11.9 Å². The predicted molar refractivity (Wildman–Crippen MR) is 63.2 cm³/mol. The molecule has 2 rings (SSSR count). The molecule has 17 heavy (non-hydrogen) atoms. The minimum absolute atomic E-state index is 0.0914. The number of ether oxygens (including phenoxy) is 1. The summed E-state index contributed by atoms with van der Waals surface area (Å²) in [6.45, 7) is 4.08. The van der Waals surface area contributed by atoms with Gasteiger partial charge in [-0.1, -0.05) is 0 Å². The van der Waals surface area contributed by atoms with Crippen LogP contribution in [-0.4, -0.2) is 18.8 Å². The summed E-state index contributed by atoms with van der Waals surface area (Å²) >= 11 is 0. The van der Waals surface area contributed by atoms with Crippen LogP contribution in [0.1, 0.15) is 25.3 Å². The molecule has 2 nitrogen and oxygen atoms in total. The third kappa shape index (κ3) is 2.94. The van der Waals surface area contributed by atoms with Gasteiger partial charge in [-0.3, -0.25) is 0 Å². The fourth-order valence-electron chi connectivity index (χ4n) is 2.04. The smallest absolute Gasteiger partial charge is 0.146 e. The molecule has 0 aromatic heterocycles. The Balaban J connectivity index is 1.97. The second kappa shape index (κ2) is 5.00. The maximum absolute atomic E-state index is 13.5. The highest BCUT2D eigenvalue weighted by Crippen LogP contribution is 2.22. The van der Waals surface area contributed by atoms with Crippen molar-refractivity contribution in [2.24, 2.45) is 0 Å². The maximum Gasteiger partial charge on any atom is 0.146 e. The molecule has 1 fully saturated rings. The summed E-state index contributed by atoms with van der Waals surface area (Å²) in [4.78, 5) is 0. The predicted octanol–water partition coefficient (Wildman–Crippen LogP) is 3.25. The lowest BCUT2D eigenvalue weighted by atomic mass is 10.2. The van der Waals surface area contributed by atoms with Gasteiger partial charge in [0, 0.05) is 12.6 Å². The molecule has 0 aliphatic carbocycles. The monoisotopic (exact) mass is 241 g/mol. The topological polar surface area (TPSA) is 21.3 Å². The maximum atomic E-state index is 13.5. The first-order chi connectivity index (χ1) is 8.06. The summed E-state index contributed by atoms with van der Waals surface area (Å²) in [6.07, 6.45) is 2.34. The second-order valence-electron chi connectivity index (χ2n) is 4.61. The fourth-order valence-corrected chi connectivity index (χ4v) is 2.04. The SMILES string of the molecule is Cc1cc(F)c(NCC2CCC(C)O2)cc1F. The second-order valence-corrected chi connectivity index (χ2v) is 4.61. The highest BCUT2D eigenvalue weighted by atomic mass is 19.1. The van der Waals surface area contributed by atoms with Crippen molar-refractivity contribution in [3.05, 3.63) is 29.3 Å². The third-order valence-electron chi connectivity index (χ3n) is 3.09. The van der Waals surface area contributed by atoms with Crippen molar-refractivity contribution in [1.29, 1.82) is 0 Å². The molecule has 0 spiro atoms. The van der Waals surface area contributed by atoms with Crippen molar-refractivity contribution in [3.8, 4) is 0 Å². The van der Waals surface area contributed by atoms with E-state index in [9.17, 15) is 8.78 Å². The number of aryl methyl sites for hydroxylation is 1. The van der Waals surface area contributed by atoms with Crippen LogP contribution in [0.25, 0.3) is 0 Å². The Morgan fingerprint density at radius 2 is 2.06 bits per heavy atom. The highest BCUT2D eigenvalue weighted by molar-refractivity contribution is 5.46. The van der Waals surface area contributed by atoms with E-state index in [1.54, 1.807) is 6.92 Å². The Kier molecular flexibility index (Phi) is 3.62. The number of benzene rings is 1. The molecule has 1 aromatic carbocycles. The lowest BCUT2D eigenvalue weighted by Crippen LogP contribution is -2.20. The van der Waals surface area contributed by atoms with E-state index in [4.69, 9.17) is 4.74 Å². The number of anilines is 1. The van der Waals surface area contributed by atoms with Crippen LogP contribution in [0.3, 0.4) is 0 Å². The molecule has 1 aliphatic heterocycles. The summed E-state index contributed by atoms with van der Waals surface area (Å²) in [7, 11) is 0. The Hall–Kier alpha value is -1.16. The molecule has 1 heterocycles. The molecule has 1 N–H and O–H groups in total. The molecule has 2 atom stereocenters. The summed E-state index contributed by atoms with van der Waals surface area (Å²) in [5, 5.41) is 2.90. The minimum Gasteiger partial charge on any atom is -0.380 e. The lowest BCUT2D eigenvalue weighted by Gasteiger charge is -2.14. The first-order valence-corrected chi connectivity index (χ1v) is 5.91. The average molecular weight is 241 g/mol. The Bertz CT molecular complexity index is 409. The van der Waals surface area contributed by atoms with Crippen LogP contribution < -0.4 is 5.32 Å². The van der Waals surface area contributed by atoms with Crippen molar-refractivity contribution in [1.82, 2.24) is 0 Å². The van der Waals surface area contributed by atoms with E-state index in [1.165, 1.54) is 12.1 Å². The minimum atomic E-state index is -0.421. The first kappa shape index (κ1) is 12.3. The molecular formula is C13H17F2NO. The fraction of sp³-hybridized carbons (Fsp3) is 0.538. The van der Waals surface area contributed by atoms with Crippen LogP contribution in [-0.2, 0) is 4.74 Å². The van der Waals surface area contributed by atoms with Gasteiger partial charge in [0.1, 0.15) is 11.6 Å². The standard InChI is InChI=1S/C13H17F2NO/c1-8-5-12(15)13(6-11(8)14)16-7-10-4-3-9(2)17-10/h5-6,9-10,16H,3-4,7H2,1-2H3. The largest absolute Gasteiger partial charge is 0.380 e. The summed E-state index contributed by atoms with van der Waals surface area (Å²) in [5.74, 6) is -0.815. The zero-order valence-corrected chi connectivity index (χ0v) is 10.1. The number of rotatable bonds is 3. The molecule has 1 aliphatic rings. The van der Waals surface area contributed by atoms with Gasteiger partial charge in [-0.2, -0.15) is 0 Å². The summed E-state index contributed by atoms with van der Waals surface area (Å²) in [5.41, 5.74) is 0.523. The van der Waals surface area contributed by atoms with Gasteiger partial charge in [0.2, 0.25) is 0 Å². The molecule has 2 unspecified atom stereocenters. The number of halogens is 2. The normalized spacial score (nSPS) is 24.0. The first-order valence-electron chi connectivity index (χ1n) is 5.91. The van der Waals surface area contributed by atoms with Gasteiger partial charge in [-0.15, -0.1) is 0 Å². The van der Waals surface area contributed by atoms with Crippen LogP contribution in [0.4, 0.5) is 14.5 Å². The zero-order chi connectivity index (χ0) is 12.4. The Labute approximate surface area is 100.0 Å². The van der Waals surface area contributed by atoms with Crippen molar-refractivity contribution in [2.45, 2.75) is 38.9 Å². The van der Waals surface area contributed by atoms with Gasteiger partial charge >= 0.3 is 0 Å². The van der Waals surface area contributed by atoms with Gasteiger partial charge in [-0.25, -0.2) is 8.78 Å². The zero-order valence-electron chi connectivity index (χ0n) is 10.1. The third-order valence-corrected chi connectivity index (χ3v) is 3.09. The van der Waals surface area contributed by atoms with Crippen LogP contribution in [0, 0.1) is 18.6 Å². The van der Waals surface area contributed by atoms with Gasteiger partial charge in [0.15, 0.2) is 0 Å². The van der Waals surface area contributed by atoms with Crippen LogP contribution in [0.2, 0.25) is 0 Å². The van der Waals surface area contributed by atoms with Gasteiger partial charge < -0.3 is 10.1 Å². The number of hydrogen-bond acceptors (Lipinski definition) is 2. The lowest BCUT2D eigenvalue weighted by molar-refractivity contribution is 0.0636. The molecular weight excluding hydrogens is 224 g/mol. The Morgan fingerprint density at radius 1 is 1.29 bits per heavy atom. The molecule has 0 radical (unpaired) electrons. The molecule has 0 bridgehead atoms. The van der Waals surface area contributed by atoms with Crippen LogP contribution >= 0.6 is 0 Å². The van der Waals surface area contributed by atoms with E-state index in [2.05, 4.69) is 5.32 Å². The van der Waals surface area contributed by atoms with Gasteiger partial charge in [0.25, 0.3) is 0 Å². The molecule has 0 saturated carbocycles. The Morgan fingerprint density at radius 3 is 2.71 bits per heavy atom. The van der Waals surface area contributed by atoms with E-state index in [0.717, 1.165) is 12.8 Å². The molecule has 4 heteroatoms. The van der Waals surface area contributed by atoms with Crippen LogP contribution in [0.5, 0.6) is 0 Å². The quantitative estimate of drug-likeness (QED) is 0.877. The molecule has 1 aromatic rings. The van der Waals surface area contributed by atoms with E-state index >= 15 is 0 Å². The van der Waals surface area contributed by atoms with Crippen molar-refractivity contribution >= 4 is 5.69 Å². The van der Waals surface area contributed by atoms with Crippen molar-refractivity contribution < 1.29 is 13.5 Å². The highest BCUT2D eigenvalue weighted by Gasteiger charge is 2.21. The van der Waals surface area contributed by atoms with Gasteiger partial charge in [0.05, 0.1) is 17.9 Å². The van der Waals surface area contributed by atoms with E-state index in [-0.39, 0.29) is 17.9 Å². The van der Waals surface area contributed by atoms with E-state index in [0.29, 0.717) is 12.1 Å². The molecule has 0 amide bonds. The summed E-state index contributed by atoms with van der Waals surface area (Å²) < 4.78 is 32.4. The average Bonchev–Trinajstić information content (AvgIpc) is 2.68. The van der Waals surface area contributed by atoms with Crippen molar-refractivity contribution in [3.63, 3.8) is 0 Å². The molecule has 94 valence electrons. The van der Waals surface area contributed by atoms with E-state index < -0.39 is 11.6 Å². The van der Waals surface area contributed by atoms with Crippen LogP contribution in [0.15, 0.2) is 12.1 Å². The summed E-state index contributed by atoms with van der Waals surface area (Å²) in [6, 6.07) is 2.40. The number of nitrogens with one attached hydrogen (secondary N) is 1. The molecule has 1 saturated heterocycles. The van der Waals surface area contributed by atoms with Gasteiger partial charge in [-0.05, 0) is 38.3 Å².